The molecule has 1 heterocycles. The number of rotatable bonds is 4. The highest BCUT2D eigenvalue weighted by atomic mass is 16.3. The van der Waals surface area contributed by atoms with Crippen LogP contribution >= 0.6 is 0 Å². The summed E-state index contributed by atoms with van der Waals surface area (Å²) in [6.45, 7) is 2.04. The molecule has 0 aliphatic heterocycles. The van der Waals surface area contributed by atoms with Gasteiger partial charge in [-0.15, -0.1) is 0 Å². The Bertz CT molecular complexity index is 464. The third-order valence-electron chi connectivity index (χ3n) is 3.09. The number of nitrogens with zero attached hydrogens (tertiary/aromatic N) is 2. The van der Waals surface area contributed by atoms with Crippen molar-refractivity contribution in [2.45, 2.75) is 25.4 Å². The third kappa shape index (κ3) is 2.94. The van der Waals surface area contributed by atoms with Crippen LogP contribution in [0.1, 0.15) is 24.1 Å². The topological polar surface area (TPSA) is 38.0 Å². The van der Waals surface area contributed by atoms with Gasteiger partial charge >= 0.3 is 0 Å². The standard InChI is InChI=1S/C14H18N2O/c1-11(12-6-4-3-5-7-12)14(17)10-13-8-9-16(2)15-13/h3-9,11,14,17H,10H2,1-2H3. The summed E-state index contributed by atoms with van der Waals surface area (Å²) in [5, 5.41) is 14.5. The van der Waals surface area contributed by atoms with Crippen LogP contribution in [0.2, 0.25) is 0 Å². The summed E-state index contributed by atoms with van der Waals surface area (Å²) in [5.41, 5.74) is 2.10. The molecule has 0 bridgehead atoms. The molecule has 17 heavy (non-hydrogen) atoms. The molecule has 3 nitrogen and oxygen atoms in total. The van der Waals surface area contributed by atoms with Crippen LogP contribution in [-0.4, -0.2) is 21.0 Å². The number of aliphatic hydroxyl groups excluding tert-OH is 1. The largest absolute Gasteiger partial charge is 0.392 e. The lowest BCUT2D eigenvalue weighted by Gasteiger charge is -2.18. The van der Waals surface area contributed by atoms with Crippen molar-refractivity contribution in [2.24, 2.45) is 7.05 Å². The van der Waals surface area contributed by atoms with E-state index in [1.165, 1.54) is 0 Å². The smallest absolute Gasteiger partial charge is 0.0662 e. The van der Waals surface area contributed by atoms with Gasteiger partial charge in [0.1, 0.15) is 0 Å². The predicted octanol–water partition coefficient (Wildman–Crippen LogP) is 2.13. The van der Waals surface area contributed by atoms with Gasteiger partial charge in [-0.2, -0.15) is 5.10 Å². The Balaban J connectivity index is 2.03. The maximum absolute atomic E-state index is 10.2. The maximum atomic E-state index is 10.2. The fourth-order valence-electron chi connectivity index (χ4n) is 1.94. The molecule has 0 saturated carbocycles. The van der Waals surface area contributed by atoms with E-state index in [2.05, 4.69) is 5.10 Å². The SMILES string of the molecule is CC(c1ccccc1)C(O)Cc1ccn(C)n1. The van der Waals surface area contributed by atoms with E-state index < -0.39 is 6.10 Å². The molecule has 0 amide bonds. The van der Waals surface area contributed by atoms with Crippen LogP contribution in [0.5, 0.6) is 0 Å². The third-order valence-corrected chi connectivity index (χ3v) is 3.09. The van der Waals surface area contributed by atoms with Gasteiger partial charge in [0.05, 0.1) is 11.8 Å². The van der Waals surface area contributed by atoms with Gasteiger partial charge in [0.2, 0.25) is 0 Å². The van der Waals surface area contributed by atoms with E-state index in [0.717, 1.165) is 11.3 Å². The van der Waals surface area contributed by atoms with Gasteiger partial charge < -0.3 is 5.11 Å². The monoisotopic (exact) mass is 230 g/mol. The second kappa shape index (κ2) is 5.15. The Labute approximate surface area is 102 Å². The molecule has 1 N–H and O–H groups in total. The Morgan fingerprint density at radius 1 is 1.24 bits per heavy atom. The molecule has 90 valence electrons. The van der Waals surface area contributed by atoms with E-state index in [1.807, 2.05) is 56.6 Å². The van der Waals surface area contributed by atoms with Crippen molar-refractivity contribution in [2.75, 3.05) is 0 Å². The molecule has 0 spiro atoms. The van der Waals surface area contributed by atoms with E-state index in [4.69, 9.17) is 0 Å². The Morgan fingerprint density at radius 3 is 2.53 bits per heavy atom. The van der Waals surface area contributed by atoms with Crippen molar-refractivity contribution in [3.8, 4) is 0 Å². The number of benzene rings is 1. The summed E-state index contributed by atoms with van der Waals surface area (Å²) in [6, 6.07) is 12.0. The number of hydrogen-bond acceptors (Lipinski definition) is 2. The van der Waals surface area contributed by atoms with Gasteiger partial charge in [-0.25, -0.2) is 0 Å². The second-order valence-electron chi connectivity index (χ2n) is 4.45. The van der Waals surface area contributed by atoms with E-state index in [1.54, 1.807) is 4.68 Å². The minimum atomic E-state index is -0.396. The molecule has 0 radical (unpaired) electrons. The van der Waals surface area contributed by atoms with Gasteiger partial charge in [-0.05, 0) is 11.6 Å². The lowest BCUT2D eigenvalue weighted by atomic mass is 9.93. The number of hydrogen-bond donors (Lipinski definition) is 1. The first-order chi connectivity index (χ1) is 8.16. The van der Waals surface area contributed by atoms with Crippen molar-refractivity contribution >= 4 is 0 Å². The fourth-order valence-corrected chi connectivity index (χ4v) is 1.94. The van der Waals surface area contributed by atoms with Crippen molar-refractivity contribution in [1.29, 1.82) is 0 Å². The van der Waals surface area contributed by atoms with E-state index in [-0.39, 0.29) is 5.92 Å². The van der Waals surface area contributed by atoms with Crippen LogP contribution in [-0.2, 0) is 13.5 Å². The second-order valence-corrected chi connectivity index (χ2v) is 4.45. The first-order valence-electron chi connectivity index (χ1n) is 5.88. The van der Waals surface area contributed by atoms with Gasteiger partial charge in [-0.3, -0.25) is 4.68 Å². The molecule has 2 atom stereocenters. The zero-order chi connectivity index (χ0) is 12.3. The minimum absolute atomic E-state index is 0.123. The molecule has 2 unspecified atom stereocenters. The summed E-state index contributed by atoms with van der Waals surface area (Å²) in [6.07, 6.45) is 2.10. The van der Waals surface area contributed by atoms with Crippen LogP contribution in [0.3, 0.4) is 0 Å². The van der Waals surface area contributed by atoms with Gasteiger partial charge in [0.15, 0.2) is 0 Å². The first kappa shape index (κ1) is 11.9. The zero-order valence-corrected chi connectivity index (χ0v) is 10.2. The molecule has 1 aromatic heterocycles. The zero-order valence-electron chi connectivity index (χ0n) is 10.2. The van der Waals surface area contributed by atoms with Crippen LogP contribution in [0.4, 0.5) is 0 Å². The van der Waals surface area contributed by atoms with Gasteiger partial charge in [0.25, 0.3) is 0 Å². The van der Waals surface area contributed by atoms with Crippen molar-refractivity contribution in [3.05, 3.63) is 53.9 Å². The van der Waals surface area contributed by atoms with Crippen molar-refractivity contribution in [3.63, 3.8) is 0 Å². The quantitative estimate of drug-likeness (QED) is 0.873. The van der Waals surface area contributed by atoms with Crippen LogP contribution < -0.4 is 0 Å². The van der Waals surface area contributed by atoms with E-state index >= 15 is 0 Å². The van der Waals surface area contributed by atoms with Gasteiger partial charge in [0, 0.05) is 25.6 Å². The molecule has 3 heteroatoms. The highest BCUT2D eigenvalue weighted by Gasteiger charge is 2.17. The lowest BCUT2D eigenvalue weighted by Crippen LogP contribution is -2.19. The van der Waals surface area contributed by atoms with Crippen molar-refractivity contribution in [1.82, 2.24) is 9.78 Å². The molecular weight excluding hydrogens is 212 g/mol. The highest BCUT2D eigenvalue weighted by molar-refractivity contribution is 5.20. The van der Waals surface area contributed by atoms with Crippen molar-refractivity contribution < 1.29 is 5.11 Å². The summed E-state index contributed by atoms with van der Waals surface area (Å²) >= 11 is 0. The number of aromatic nitrogens is 2. The summed E-state index contributed by atoms with van der Waals surface area (Å²) in [7, 11) is 1.89. The summed E-state index contributed by atoms with van der Waals surface area (Å²) in [4.78, 5) is 0. The average molecular weight is 230 g/mol. The maximum Gasteiger partial charge on any atom is 0.0662 e. The molecule has 0 saturated heterocycles. The minimum Gasteiger partial charge on any atom is -0.392 e. The Hall–Kier alpha value is -1.61. The van der Waals surface area contributed by atoms with Gasteiger partial charge in [-0.1, -0.05) is 37.3 Å². The molecule has 2 aromatic rings. The average Bonchev–Trinajstić information content (AvgIpc) is 2.75. The Morgan fingerprint density at radius 2 is 1.94 bits per heavy atom. The first-order valence-corrected chi connectivity index (χ1v) is 5.88. The molecule has 0 fully saturated rings. The van der Waals surface area contributed by atoms with Crippen LogP contribution in [0.25, 0.3) is 0 Å². The summed E-state index contributed by atoms with van der Waals surface area (Å²) in [5.74, 6) is 0.123. The molecule has 1 aromatic carbocycles. The summed E-state index contributed by atoms with van der Waals surface area (Å²) < 4.78 is 1.76. The predicted molar refractivity (Wildman–Crippen MR) is 67.8 cm³/mol. The number of aliphatic hydroxyl groups is 1. The molecule has 0 aliphatic carbocycles. The normalized spacial score (nSPS) is 14.5. The number of aryl methyl sites for hydroxylation is 1. The molecular formula is C14H18N2O. The lowest BCUT2D eigenvalue weighted by molar-refractivity contribution is 0.148. The van der Waals surface area contributed by atoms with Crippen LogP contribution in [0, 0.1) is 0 Å². The highest BCUT2D eigenvalue weighted by Crippen LogP contribution is 2.20. The van der Waals surface area contributed by atoms with E-state index in [9.17, 15) is 5.11 Å². The van der Waals surface area contributed by atoms with Crippen LogP contribution in [0.15, 0.2) is 42.6 Å². The molecule has 2 rings (SSSR count). The Kier molecular flexibility index (Phi) is 3.59. The molecule has 0 aliphatic rings. The fraction of sp³-hybridized carbons (Fsp3) is 0.357. The van der Waals surface area contributed by atoms with E-state index in [0.29, 0.717) is 6.42 Å².